The largest absolute Gasteiger partial charge is 0.481 e. The Morgan fingerprint density at radius 2 is 1.79 bits per heavy atom. The lowest BCUT2D eigenvalue weighted by Crippen LogP contribution is -2.36. The van der Waals surface area contributed by atoms with Crippen molar-refractivity contribution in [3.63, 3.8) is 0 Å². The number of carbonyl (C=O) groups is 1. The van der Waals surface area contributed by atoms with E-state index < -0.39 is 16.1 Å². The average molecular weight is 405 g/mol. The van der Waals surface area contributed by atoms with E-state index in [0.717, 1.165) is 11.8 Å². The second-order valence-corrected chi connectivity index (χ2v) is 9.54. The number of rotatable bonds is 7. The van der Waals surface area contributed by atoms with Gasteiger partial charge in [-0.05, 0) is 41.7 Å². The quantitative estimate of drug-likeness (QED) is 0.740. The maximum Gasteiger partial charge on any atom is 0.261 e. The van der Waals surface area contributed by atoms with Crippen molar-refractivity contribution in [1.82, 2.24) is 5.32 Å². The zero-order valence-corrected chi connectivity index (χ0v) is 17.8. The molecule has 6 nitrogen and oxygen atoms in total. The Morgan fingerprint density at radius 1 is 1.11 bits per heavy atom. The van der Waals surface area contributed by atoms with Crippen LogP contribution in [0, 0.1) is 0 Å². The number of hydrogen-bond donors (Lipinski definition) is 2. The van der Waals surface area contributed by atoms with Crippen molar-refractivity contribution in [2.75, 3.05) is 11.0 Å². The number of para-hydroxylation sites is 1. The van der Waals surface area contributed by atoms with Gasteiger partial charge in [-0.3, -0.25) is 9.52 Å². The van der Waals surface area contributed by atoms with E-state index in [1.165, 1.54) is 0 Å². The average Bonchev–Trinajstić information content (AvgIpc) is 2.59. The van der Waals surface area contributed by atoms with Crippen molar-refractivity contribution in [3.05, 3.63) is 59.7 Å². The van der Waals surface area contributed by atoms with Crippen LogP contribution in [0.15, 0.2) is 48.5 Å². The van der Waals surface area contributed by atoms with Crippen molar-refractivity contribution in [2.45, 2.75) is 45.8 Å². The molecule has 0 radical (unpaired) electrons. The Bertz CT molecular complexity index is 933. The van der Waals surface area contributed by atoms with E-state index >= 15 is 0 Å². The number of anilines is 1. The summed E-state index contributed by atoms with van der Waals surface area (Å²) in [7, 11) is -3.40. The molecule has 0 fully saturated rings. The highest BCUT2D eigenvalue weighted by molar-refractivity contribution is 7.92. The monoisotopic (exact) mass is 404 g/mol. The van der Waals surface area contributed by atoms with Crippen LogP contribution in [-0.4, -0.2) is 26.7 Å². The standard InChI is InChI=1S/C21H28N2O4S/c1-15(27-18-11-8-10-17(13-18)21(2,3)4)20(24)22-14-16-9-6-7-12-19(16)23-28(5,25)26/h6-13,15,23H,14H2,1-5H3,(H,22,24). The molecule has 2 N–H and O–H groups in total. The molecule has 0 heterocycles. The molecule has 1 atom stereocenters. The summed E-state index contributed by atoms with van der Waals surface area (Å²) in [4.78, 5) is 12.4. The predicted octanol–water partition coefficient (Wildman–Crippen LogP) is 3.44. The molecule has 0 saturated carbocycles. The lowest BCUT2D eigenvalue weighted by molar-refractivity contribution is -0.127. The smallest absolute Gasteiger partial charge is 0.261 e. The molecule has 0 aliphatic heterocycles. The summed E-state index contributed by atoms with van der Waals surface area (Å²) in [5, 5.41) is 2.79. The molecule has 0 spiro atoms. The summed E-state index contributed by atoms with van der Waals surface area (Å²) in [5.41, 5.74) is 2.22. The Labute approximate surface area is 167 Å². The first-order valence-corrected chi connectivity index (χ1v) is 11.0. The summed E-state index contributed by atoms with van der Waals surface area (Å²) >= 11 is 0. The normalized spacial score (nSPS) is 12.9. The number of benzene rings is 2. The molecule has 1 amide bonds. The van der Waals surface area contributed by atoms with Crippen LogP contribution in [0.25, 0.3) is 0 Å². The van der Waals surface area contributed by atoms with Crippen LogP contribution in [0.4, 0.5) is 5.69 Å². The molecular formula is C21H28N2O4S. The van der Waals surface area contributed by atoms with Crippen LogP contribution in [-0.2, 0) is 26.8 Å². The number of hydrogen-bond acceptors (Lipinski definition) is 4. The van der Waals surface area contributed by atoms with Crippen LogP contribution in [0.5, 0.6) is 5.75 Å². The molecule has 0 aliphatic rings. The third kappa shape index (κ3) is 6.56. The molecule has 28 heavy (non-hydrogen) atoms. The predicted molar refractivity (Wildman–Crippen MR) is 112 cm³/mol. The second kappa shape index (κ2) is 8.65. The van der Waals surface area contributed by atoms with E-state index in [2.05, 4.69) is 30.8 Å². The molecule has 2 aromatic rings. The van der Waals surface area contributed by atoms with Crippen molar-refractivity contribution in [2.24, 2.45) is 0 Å². The van der Waals surface area contributed by atoms with Crippen molar-refractivity contribution >= 4 is 21.6 Å². The van der Waals surface area contributed by atoms with Crippen LogP contribution >= 0.6 is 0 Å². The first-order valence-electron chi connectivity index (χ1n) is 9.06. The molecular weight excluding hydrogens is 376 g/mol. The van der Waals surface area contributed by atoms with Gasteiger partial charge in [-0.25, -0.2) is 8.42 Å². The highest BCUT2D eigenvalue weighted by Crippen LogP contribution is 2.26. The number of ether oxygens (including phenoxy) is 1. The van der Waals surface area contributed by atoms with Crippen LogP contribution in [0.1, 0.15) is 38.8 Å². The fourth-order valence-electron chi connectivity index (χ4n) is 2.59. The van der Waals surface area contributed by atoms with E-state index in [-0.39, 0.29) is 17.9 Å². The second-order valence-electron chi connectivity index (χ2n) is 7.79. The first kappa shape index (κ1) is 21.8. The summed E-state index contributed by atoms with van der Waals surface area (Å²) in [6.07, 6.45) is 0.398. The zero-order chi connectivity index (χ0) is 20.9. The zero-order valence-electron chi connectivity index (χ0n) is 16.9. The molecule has 0 aromatic heterocycles. The van der Waals surface area contributed by atoms with Gasteiger partial charge >= 0.3 is 0 Å². The number of carbonyl (C=O) groups excluding carboxylic acids is 1. The number of sulfonamides is 1. The van der Waals surface area contributed by atoms with E-state index in [0.29, 0.717) is 17.0 Å². The number of nitrogens with one attached hydrogen (secondary N) is 2. The van der Waals surface area contributed by atoms with Gasteiger partial charge in [0.1, 0.15) is 5.75 Å². The van der Waals surface area contributed by atoms with E-state index in [9.17, 15) is 13.2 Å². The van der Waals surface area contributed by atoms with Crippen LogP contribution in [0.2, 0.25) is 0 Å². The Kier molecular flexibility index (Phi) is 6.72. The molecule has 0 bridgehead atoms. The lowest BCUT2D eigenvalue weighted by atomic mass is 9.87. The summed E-state index contributed by atoms with van der Waals surface area (Å²) < 4.78 is 31.2. The Hall–Kier alpha value is -2.54. The van der Waals surface area contributed by atoms with E-state index in [1.807, 2.05) is 24.3 Å². The SMILES string of the molecule is CC(Oc1cccc(C(C)(C)C)c1)C(=O)NCc1ccccc1NS(C)(=O)=O. The minimum Gasteiger partial charge on any atom is -0.481 e. The Morgan fingerprint density at radius 3 is 2.43 bits per heavy atom. The summed E-state index contributed by atoms with van der Waals surface area (Å²) in [6.45, 7) is 8.21. The van der Waals surface area contributed by atoms with Gasteiger partial charge in [0, 0.05) is 6.54 Å². The minimum atomic E-state index is -3.40. The third-order valence-corrected chi connectivity index (χ3v) is 4.74. The van der Waals surface area contributed by atoms with Gasteiger partial charge in [0.05, 0.1) is 11.9 Å². The maximum atomic E-state index is 12.4. The maximum absolute atomic E-state index is 12.4. The fourth-order valence-corrected chi connectivity index (χ4v) is 3.19. The van der Waals surface area contributed by atoms with Gasteiger partial charge in [0.15, 0.2) is 6.10 Å². The molecule has 0 saturated heterocycles. The van der Waals surface area contributed by atoms with Crippen LogP contribution in [0.3, 0.4) is 0 Å². The van der Waals surface area contributed by atoms with Gasteiger partial charge in [-0.2, -0.15) is 0 Å². The summed E-state index contributed by atoms with van der Waals surface area (Å²) in [6, 6.07) is 14.6. The molecule has 7 heteroatoms. The first-order chi connectivity index (χ1) is 13.0. The fraction of sp³-hybridized carbons (Fsp3) is 0.381. The molecule has 2 aromatic carbocycles. The molecule has 2 rings (SSSR count). The molecule has 0 aliphatic carbocycles. The topological polar surface area (TPSA) is 84.5 Å². The highest BCUT2D eigenvalue weighted by Gasteiger charge is 2.18. The van der Waals surface area contributed by atoms with Crippen molar-refractivity contribution < 1.29 is 17.9 Å². The molecule has 152 valence electrons. The van der Waals surface area contributed by atoms with Gasteiger partial charge in [-0.1, -0.05) is 51.1 Å². The van der Waals surface area contributed by atoms with Crippen molar-refractivity contribution in [3.8, 4) is 5.75 Å². The highest BCUT2D eigenvalue weighted by atomic mass is 32.2. The third-order valence-electron chi connectivity index (χ3n) is 4.15. The van der Waals surface area contributed by atoms with Crippen LogP contribution < -0.4 is 14.8 Å². The minimum absolute atomic E-state index is 0.0127. The van der Waals surface area contributed by atoms with E-state index in [4.69, 9.17) is 4.74 Å². The lowest BCUT2D eigenvalue weighted by Gasteiger charge is -2.21. The van der Waals surface area contributed by atoms with Crippen molar-refractivity contribution in [1.29, 1.82) is 0 Å². The molecule has 1 unspecified atom stereocenters. The van der Waals surface area contributed by atoms with Gasteiger partial charge in [-0.15, -0.1) is 0 Å². The summed E-state index contributed by atoms with van der Waals surface area (Å²) in [5.74, 6) is 0.351. The van der Waals surface area contributed by atoms with Gasteiger partial charge in [0.25, 0.3) is 5.91 Å². The Balaban J connectivity index is 2.01. The van der Waals surface area contributed by atoms with E-state index in [1.54, 1.807) is 31.2 Å². The van der Waals surface area contributed by atoms with Gasteiger partial charge < -0.3 is 10.1 Å². The number of amides is 1. The van der Waals surface area contributed by atoms with Gasteiger partial charge in [0.2, 0.25) is 10.0 Å².